The third-order valence-corrected chi connectivity index (χ3v) is 9.25. The van der Waals surface area contributed by atoms with Gasteiger partial charge in [0.2, 0.25) is 11.8 Å². The maximum absolute atomic E-state index is 14.0. The van der Waals surface area contributed by atoms with Crippen LogP contribution in [-0.4, -0.2) is 79.6 Å². The van der Waals surface area contributed by atoms with Gasteiger partial charge in [0.25, 0.3) is 0 Å². The molecule has 2 amide bonds. The average Bonchev–Trinajstić information content (AvgIpc) is 3.38. The Bertz CT molecular complexity index is 744. The van der Waals surface area contributed by atoms with Gasteiger partial charge < -0.3 is 20.0 Å². The van der Waals surface area contributed by atoms with Crippen LogP contribution in [0.5, 0.6) is 0 Å². The molecule has 7 nitrogen and oxygen atoms in total. The molecule has 0 aromatic heterocycles. The number of aliphatic hydroxyl groups excluding tert-OH is 1. The Labute approximate surface area is 195 Å². The molecule has 2 unspecified atom stereocenters. The molecule has 3 fully saturated rings. The minimum absolute atomic E-state index is 0.127. The second kappa shape index (κ2) is 10.2. The normalized spacial score (nSPS) is 31.8. The Kier molecular flexibility index (Phi) is 7.97. The van der Waals surface area contributed by atoms with Crippen LogP contribution in [0.3, 0.4) is 0 Å². The third-order valence-electron chi connectivity index (χ3n) is 7.30. The van der Waals surface area contributed by atoms with E-state index in [1.807, 2.05) is 13.8 Å². The maximum atomic E-state index is 14.0. The molecule has 3 aliphatic heterocycles. The Morgan fingerprint density at radius 3 is 2.66 bits per heavy atom. The molecular weight excluding hydrogens is 428 g/mol. The summed E-state index contributed by atoms with van der Waals surface area (Å²) in [5, 5.41) is 20.0. The number of amides is 2. The molecule has 0 aromatic carbocycles. The Balaban J connectivity index is 2.03. The number of fused-ring (bicyclic) bond motifs is 1. The summed E-state index contributed by atoms with van der Waals surface area (Å²) in [7, 11) is 0. The minimum atomic E-state index is -0.953. The SMILES string of the molecule is C=CCN(CCCCC)C(=O)C1N([C@@H](CO)CC(C)C)C(=O)[C@@H]2[C@@H](C(=O)O)[C@H]3CCC12S3. The lowest BCUT2D eigenvalue weighted by Crippen LogP contribution is -2.57. The maximum Gasteiger partial charge on any atom is 0.308 e. The van der Waals surface area contributed by atoms with E-state index in [4.69, 9.17) is 0 Å². The van der Waals surface area contributed by atoms with Crippen molar-refractivity contribution < 1.29 is 24.6 Å². The van der Waals surface area contributed by atoms with E-state index in [1.54, 1.807) is 27.6 Å². The minimum Gasteiger partial charge on any atom is -0.481 e. The van der Waals surface area contributed by atoms with E-state index in [0.717, 1.165) is 19.3 Å². The predicted octanol–water partition coefficient (Wildman–Crippen LogP) is 2.77. The highest BCUT2D eigenvalue weighted by Crippen LogP contribution is 2.66. The number of carboxylic acid groups (broad SMARTS) is 1. The van der Waals surface area contributed by atoms with Crippen molar-refractivity contribution in [3.05, 3.63) is 12.7 Å². The zero-order valence-electron chi connectivity index (χ0n) is 19.5. The number of carboxylic acids is 1. The number of carbonyl (C=O) groups excluding carboxylic acids is 2. The van der Waals surface area contributed by atoms with E-state index in [1.165, 1.54) is 0 Å². The van der Waals surface area contributed by atoms with Gasteiger partial charge in [-0.05, 0) is 31.6 Å². The zero-order valence-corrected chi connectivity index (χ0v) is 20.4. The molecule has 0 aliphatic carbocycles. The van der Waals surface area contributed by atoms with Gasteiger partial charge in [-0.3, -0.25) is 14.4 Å². The van der Waals surface area contributed by atoms with E-state index in [2.05, 4.69) is 13.5 Å². The first-order valence-electron chi connectivity index (χ1n) is 12.0. The fraction of sp³-hybridized carbons (Fsp3) is 0.792. The van der Waals surface area contributed by atoms with Crippen LogP contribution in [0.2, 0.25) is 0 Å². The standard InChI is InChI=1S/C24H38N2O5S/c1-5-7-8-12-25(11-6-2)22(29)20-24-10-9-17(32-24)18(23(30)31)19(24)21(28)26(20)16(14-27)13-15(3)4/h6,15-20,27H,2,5,7-14H2,1,3-4H3,(H,30,31)/t16-,17-,18+,19+,20?,24?/m1/s1. The van der Waals surface area contributed by atoms with Gasteiger partial charge in [-0.2, -0.15) is 0 Å². The van der Waals surface area contributed by atoms with Crippen molar-refractivity contribution in [2.24, 2.45) is 17.8 Å². The van der Waals surface area contributed by atoms with Gasteiger partial charge in [0.1, 0.15) is 6.04 Å². The lowest BCUT2D eigenvalue weighted by molar-refractivity contribution is -0.150. The number of thioether (sulfide) groups is 1. The topological polar surface area (TPSA) is 98.2 Å². The number of hydrogen-bond acceptors (Lipinski definition) is 5. The first kappa shape index (κ1) is 25.1. The quantitative estimate of drug-likeness (QED) is 0.339. The monoisotopic (exact) mass is 466 g/mol. The number of rotatable bonds is 12. The number of nitrogens with zero attached hydrogens (tertiary/aromatic N) is 2. The first-order valence-corrected chi connectivity index (χ1v) is 12.8. The van der Waals surface area contributed by atoms with Crippen molar-refractivity contribution in [1.82, 2.24) is 9.80 Å². The summed E-state index contributed by atoms with van der Waals surface area (Å²) in [6.07, 6.45) is 6.55. The van der Waals surface area contributed by atoms with Crippen molar-refractivity contribution in [1.29, 1.82) is 0 Å². The highest BCUT2D eigenvalue weighted by molar-refractivity contribution is 8.02. The second-order valence-electron chi connectivity index (χ2n) is 9.89. The highest BCUT2D eigenvalue weighted by atomic mass is 32.2. The lowest BCUT2D eigenvalue weighted by atomic mass is 9.71. The smallest absolute Gasteiger partial charge is 0.308 e. The Morgan fingerprint density at radius 2 is 2.09 bits per heavy atom. The van der Waals surface area contributed by atoms with Crippen LogP contribution in [0.4, 0.5) is 0 Å². The molecule has 3 aliphatic rings. The van der Waals surface area contributed by atoms with E-state index in [0.29, 0.717) is 32.4 Å². The molecule has 0 radical (unpaired) electrons. The molecule has 3 rings (SSSR count). The molecule has 32 heavy (non-hydrogen) atoms. The van der Waals surface area contributed by atoms with E-state index in [-0.39, 0.29) is 29.6 Å². The molecule has 2 bridgehead atoms. The van der Waals surface area contributed by atoms with Crippen LogP contribution >= 0.6 is 11.8 Å². The predicted molar refractivity (Wildman–Crippen MR) is 125 cm³/mol. The molecular formula is C24H38N2O5S. The first-order chi connectivity index (χ1) is 15.2. The van der Waals surface area contributed by atoms with Gasteiger partial charge in [0.05, 0.1) is 29.2 Å². The molecule has 3 heterocycles. The van der Waals surface area contributed by atoms with Crippen molar-refractivity contribution in [3.63, 3.8) is 0 Å². The van der Waals surface area contributed by atoms with Crippen molar-refractivity contribution in [2.45, 2.75) is 81.4 Å². The number of aliphatic hydroxyl groups is 1. The summed E-state index contributed by atoms with van der Waals surface area (Å²) >= 11 is 1.54. The number of carbonyl (C=O) groups is 3. The second-order valence-corrected chi connectivity index (χ2v) is 11.5. The molecule has 6 atom stereocenters. The number of aliphatic carboxylic acids is 1. The van der Waals surface area contributed by atoms with Crippen LogP contribution in [0.1, 0.15) is 59.3 Å². The molecule has 2 N–H and O–H groups in total. The van der Waals surface area contributed by atoms with Gasteiger partial charge in [0, 0.05) is 18.3 Å². The average molecular weight is 467 g/mol. The van der Waals surface area contributed by atoms with Crippen LogP contribution in [0.25, 0.3) is 0 Å². The fourth-order valence-electron chi connectivity index (χ4n) is 6.04. The van der Waals surface area contributed by atoms with Crippen LogP contribution < -0.4 is 0 Å². The summed E-state index contributed by atoms with van der Waals surface area (Å²) in [6.45, 7) is 10.7. The molecule has 0 saturated carbocycles. The lowest BCUT2D eigenvalue weighted by Gasteiger charge is -2.40. The van der Waals surface area contributed by atoms with Gasteiger partial charge in [-0.1, -0.05) is 39.7 Å². The fourth-order valence-corrected chi connectivity index (χ4v) is 8.23. The van der Waals surface area contributed by atoms with Gasteiger partial charge in [0.15, 0.2) is 0 Å². The Morgan fingerprint density at radius 1 is 1.38 bits per heavy atom. The molecule has 3 saturated heterocycles. The van der Waals surface area contributed by atoms with Crippen LogP contribution in [0.15, 0.2) is 12.7 Å². The molecule has 8 heteroatoms. The highest BCUT2D eigenvalue weighted by Gasteiger charge is 2.74. The van der Waals surface area contributed by atoms with E-state index >= 15 is 0 Å². The molecule has 0 aromatic rings. The van der Waals surface area contributed by atoms with Crippen molar-refractivity contribution >= 4 is 29.5 Å². The summed E-state index contributed by atoms with van der Waals surface area (Å²) in [6, 6.07) is -1.23. The summed E-state index contributed by atoms with van der Waals surface area (Å²) in [5.74, 6) is -2.60. The van der Waals surface area contributed by atoms with Gasteiger partial charge in [-0.25, -0.2) is 0 Å². The van der Waals surface area contributed by atoms with E-state index < -0.39 is 34.6 Å². The van der Waals surface area contributed by atoms with Crippen LogP contribution in [0, 0.1) is 17.8 Å². The van der Waals surface area contributed by atoms with Crippen molar-refractivity contribution in [3.8, 4) is 0 Å². The number of unbranched alkanes of at least 4 members (excludes halogenated alkanes) is 2. The third kappa shape index (κ3) is 4.20. The van der Waals surface area contributed by atoms with Gasteiger partial charge in [-0.15, -0.1) is 18.3 Å². The summed E-state index contributed by atoms with van der Waals surface area (Å²) < 4.78 is -0.726. The van der Waals surface area contributed by atoms with Gasteiger partial charge >= 0.3 is 5.97 Å². The molecule has 180 valence electrons. The summed E-state index contributed by atoms with van der Waals surface area (Å²) in [5.41, 5.74) is 0. The largest absolute Gasteiger partial charge is 0.481 e. The van der Waals surface area contributed by atoms with Crippen molar-refractivity contribution in [2.75, 3.05) is 19.7 Å². The zero-order chi connectivity index (χ0) is 23.6. The Hall–Kier alpha value is -1.54. The molecule has 1 spiro atoms. The summed E-state index contributed by atoms with van der Waals surface area (Å²) in [4.78, 5) is 43.3. The number of likely N-dealkylation sites (tertiary alicyclic amines) is 1. The van der Waals surface area contributed by atoms with Crippen LogP contribution in [-0.2, 0) is 14.4 Å². The van der Waals surface area contributed by atoms with E-state index in [9.17, 15) is 24.6 Å². The number of hydrogen-bond donors (Lipinski definition) is 2.